The molecule has 7 nitrogen and oxygen atoms in total. The van der Waals surface area contributed by atoms with Gasteiger partial charge in [0.25, 0.3) is 0 Å². The van der Waals surface area contributed by atoms with Crippen LogP contribution in [0.2, 0.25) is 0 Å². The molecule has 0 aliphatic carbocycles. The van der Waals surface area contributed by atoms with Crippen molar-refractivity contribution in [1.82, 2.24) is 0 Å². The number of halogens is 1. The van der Waals surface area contributed by atoms with Crippen molar-refractivity contribution in [1.29, 1.82) is 0 Å². The number of hydrogen-bond donors (Lipinski definition) is 2. The van der Waals surface area contributed by atoms with Crippen molar-refractivity contribution < 1.29 is 14.9 Å². The summed E-state index contributed by atoms with van der Waals surface area (Å²) in [5.41, 5.74) is 5.42. The predicted molar refractivity (Wildman–Crippen MR) is 82.0 cm³/mol. The minimum Gasteiger partial charge on any atom is -0.481 e. The van der Waals surface area contributed by atoms with Crippen molar-refractivity contribution >= 4 is 38.8 Å². The maximum atomic E-state index is 11.1. The van der Waals surface area contributed by atoms with E-state index in [1.165, 1.54) is 29.5 Å². The average Bonchev–Trinajstić information content (AvgIpc) is 2.89. The van der Waals surface area contributed by atoms with Gasteiger partial charge in [0.2, 0.25) is 0 Å². The number of oxime groups is 1. The smallest absolute Gasteiger partial charge is 0.311 e. The molecule has 2 rings (SSSR count). The first-order valence-corrected chi connectivity index (χ1v) is 7.25. The van der Waals surface area contributed by atoms with Gasteiger partial charge < -0.3 is 15.7 Å². The van der Waals surface area contributed by atoms with Gasteiger partial charge in [-0.2, -0.15) is 0 Å². The topological polar surface area (TPSA) is 111 Å². The summed E-state index contributed by atoms with van der Waals surface area (Å²) in [5, 5.41) is 22.5. The summed E-state index contributed by atoms with van der Waals surface area (Å²) in [6, 6.07) is 7.86. The number of ether oxygens (including phenoxy) is 1. The number of thiophene rings is 1. The third-order valence-electron chi connectivity index (χ3n) is 2.56. The average molecular weight is 372 g/mol. The van der Waals surface area contributed by atoms with Crippen LogP contribution in [0.5, 0.6) is 5.75 Å². The first-order valence-electron chi connectivity index (χ1n) is 5.64. The predicted octanol–water partition coefficient (Wildman–Crippen LogP) is 3.09. The van der Waals surface area contributed by atoms with Gasteiger partial charge in [-0.1, -0.05) is 5.16 Å². The highest BCUT2D eigenvalue weighted by Gasteiger charge is 2.17. The second kappa shape index (κ2) is 6.55. The Morgan fingerprint density at radius 1 is 1.48 bits per heavy atom. The van der Waals surface area contributed by atoms with E-state index in [1.54, 1.807) is 0 Å². The van der Waals surface area contributed by atoms with E-state index in [4.69, 9.17) is 15.7 Å². The Labute approximate surface area is 131 Å². The molecule has 9 heteroatoms. The van der Waals surface area contributed by atoms with Crippen LogP contribution in [0.1, 0.15) is 10.4 Å². The van der Waals surface area contributed by atoms with Gasteiger partial charge >= 0.3 is 5.69 Å². The summed E-state index contributed by atoms with van der Waals surface area (Å²) >= 11 is 4.82. The lowest BCUT2D eigenvalue weighted by Crippen LogP contribution is -2.13. The van der Waals surface area contributed by atoms with Crippen LogP contribution >= 0.6 is 27.3 Å². The van der Waals surface area contributed by atoms with E-state index in [2.05, 4.69) is 21.1 Å². The molecular weight excluding hydrogens is 362 g/mol. The molecule has 1 heterocycles. The lowest BCUT2D eigenvalue weighted by atomic mass is 10.1. The van der Waals surface area contributed by atoms with Crippen molar-refractivity contribution in [2.24, 2.45) is 10.9 Å². The summed E-state index contributed by atoms with van der Waals surface area (Å²) in [7, 11) is 0. The molecule has 0 amide bonds. The van der Waals surface area contributed by atoms with E-state index in [1.807, 2.05) is 12.1 Å². The summed E-state index contributed by atoms with van der Waals surface area (Å²) in [6.45, 7) is 0.222. The van der Waals surface area contributed by atoms with Crippen LogP contribution in [-0.2, 0) is 6.61 Å². The zero-order chi connectivity index (χ0) is 15.4. The van der Waals surface area contributed by atoms with Crippen LogP contribution in [0.25, 0.3) is 0 Å². The Morgan fingerprint density at radius 3 is 2.81 bits per heavy atom. The molecule has 0 radical (unpaired) electrons. The minimum atomic E-state index is -0.576. The molecule has 1 aromatic heterocycles. The van der Waals surface area contributed by atoms with Gasteiger partial charge in [-0.15, -0.1) is 11.3 Å². The first kappa shape index (κ1) is 15.3. The number of hydrogen-bond acceptors (Lipinski definition) is 6. The maximum Gasteiger partial charge on any atom is 0.311 e. The summed E-state index contributed by atoms with van der Waals surface area (Å²) < 4.78 is 6.43. The van der Waals surface area contributed by atoms with Crippen LogP contribution in [0.3, 0.4) is 0 Å². The molecule has 0 aliphatic rings. The quantitative estimate of drug-likeness (QED) is 0.275. The molecule has 3 N–H and O–H groups in total. The van der Waals surface area contributed by atoms with Crippen LogP contribution in [0.4, 0.5) is 5.69 Å². The van der Waals surface area contributed by atoms with Gasteiger partial charge in [-0.05, 0) is 40.2 Å². The lowest BCUT2D eigenvalue weighted by molar-refractivity contribution is -0.385. The van der Waals surface area contributed by atoms with Gasteiger partial charge in [0, 0.05) is 16.5 Å². The highest BCUT2D eigenvalue weighted by molar-refractivity contribution is 9.11. The number of nitro groups is 1. The van der Waals surface area contributed by atoms with Gasteiger partial charge in [-0.25, -0.2) is 0 Å². The van der Waals surface area contributed by atoms with E-state index in [9.17, 15) is 10.1 Å². The SMILES string of the molecule is NC(=NO)c1ccc(OCc2ccc(Br)s2)c([N+](=O)[O-])c1. The molecule has 0 fully saturated rings. The minimum absolute atomic E-state index is 0.124. The number of nitrogens with two attached hydrogens (primary N) is 1. The molecule has 110 valence electrons. The maximum absolute atomic E-state index is 11.1. The first-order chi connectivity index (χ1) is 10.0. The normalized spacial score (nSPS) is 11.4. The van der Waals surface area contributed by atoms with E-state index in [0.29, 0.717) is 0 Å². The molecule has 21 heavy (non-hydrogen) atoms. The van der Waals surface area contributed by atoms with Crippen molar-refractivity contribution in [2.75, 3.05) is 0 Å². The van der Waals surface area contributed by atoms with Gasteiger partial charge in [0.1, 0.15) is 6.61 Å². The molecule has 1 aromatic carbocycles. The third-order valence-corrected chi connectivity index (χ3v) is 4.16. The molecule has 0 atom stereocenters. The van der Waals surface area contributed by atoms with E-state index in [-0.39, 0.29) is 29.4 Å². The fourth-order valence-corrected chi connectivity index (χ4v) is 2.97. The van der Waals surface area contributed by atoms with Crippen molar-refractivity contribution in [3.8, 4) is 5.75 Å². The summed E-state index contributed by atoms with van der Waals surface area (Å²) in [4.78, 5) is 11.4. The largest absolute Gasteiger partial charge is 0.481 e. The Bertz CT molecular complexity index is 702. The Kier molecular flexibility index (Phi) is 4.76. The van der Waals surface area contributed by atoms with Crippen LogP contribution in [0, 0.1) is 10.1 Å². The molecule has 0 bridgehead atoms. The molecule has 0 saturated carbocycles. The van der Waals surface area contributed by atoms with Crippen molar-refractivity contribution in [3.05, 3.63) is 54.7 Å². The summed E-state index contributed by atoms with van der Waals surface area (Å²) in [5.74, 6) is -0.0779. The second-order valence-electron chi connectivity index (χ2n) is 3.92. The monoisotopic (exact) mass is 371 g/mol. The zero-order valence-electron chi connectivity index (χ0n) is 10.5. The van der Waals surface area contributed by atoms with Gasteiger partial charge in [0.15, 0.2) is 11.6 Å². The van der Waals surface area contributed by atoms with Crippen molar-refractivity contribution in [3.63, 3.8) is 0 Å². The van der Waals surface area contributed by atoms with Crippen molar-refractivity contribution in [2.45, 2.75) is 6.61 Å². The lowest BCUT2D eigenvalue weighted by Gasteiger charge is -2.07. The number of benzene rings is 1. The third kappa shape index (κ3) is 3.70. The van der Waals surface area contributed by atoms with Crippen LogP contribution in [-0.4, -0.2) is 16.0 Å². The molecule has 0 spiro atoms. The molecule has 0 saturated heterocycles. The number of rotatable bonds is 5. The number of nitrogens with zero attached hydrogens (tertiary/aromatic N) is 2. The highest BCUT2D eigenvalue weighted by Crippen LogP contribution is 2.30. The number of amidine groups is 1. The van der Waals surface area contributed by atoms with Gasteiger partial charge in [0.05, 0.1) is 8.71 Å². The Hall–Kier alpha value is -2.13. The standard InChI is InChI=1S/C12H10BrN3O4S/c13-11-4-2-8(21-11)6-20-10-3-1-7(12(14)15-17)5-9(10)16(18)19/h1-5,17H,6H2,(H2,14,15). The molecular formula is C12H10BrN3O4S. The van der Waals surface area contributed by atoms with Crippen LogP contribution in [0.15, 0.2) is 39.3 Å². The second-order valence-corrected chi connectivity index (χ2v) is 6.47. The van der Waals surface area contributed by atoms with Gasteiger partial charge in [-0.3, -0.25) is 10.1 Å². The van der Waals surface area contributed by atoms with E-state index in [0.717, 1.165) is 8.66 Å². The molecule has 0 aliphatic heterocycles. The molecule has 2 aromatic rings. The Morgan fingerprint density at radius 2 is 2.24 bits per heavy atom. The fourth-order valence-electron chi connectivity index (χ4n) is 1.58. The highest BCUT2D eigenvalue weighted by atomic mass is 79.9. The summed E-state index contributed by atoms with van der Waals surface area (Å²) in [6.07, 6.45) is 0. The molecule has 0 unspecified atom stereocenters. The Balaban J connectivity index is 2.24. The van der Waals surface area contributed by atoms with Crippen LogP contribution < -0.4 is 10.5 Å². The van der Waals surface area contributed by atoms with E-state index >= 15 is 0 Å². The van der Waals surface area contributed by atoms with E-state index < -0.39 is 4.92 Å². The zero-order valence-corrected chi connectivity index (χ0v) is 12.9. The number of nitro benzene ring substituents is 1. The fraction of sp³-hybridized carbons (Fsp3) is 0.0833.